The number of aromatic amines is 1. The van der Waals surface area contributed by atoms with E-state index in [4.69, 9.17) is 17.3 Å². The standard InChI is InChI=1S/C17H13ClN6/c18-12-3-7-14(8-4-12)22-17-15(9-19)16(23-24-17)21-10-11-1-5-13(20)6-2-11/h1-8,10H,20H2,(H2,22,23,24). The third kappa shape index (κ3) is 3.54. The highest BCUT2D eigenvalue weighted by Gasteiger charge is 2.12. The zero-order chi connectivity index (χ0) is 16.9. The zero-order valence-corrected chi connectivity index (χ0v) is 13.2. The molecule has 0 saturated heterocycles. The predicted octanol–water partition coefficient (Wildman–Crippen LogP) is 4.01. The molecular formula is C17H13ClN6. The van der Waals surface area contributed by atoms with E-state index in [1.807, 2.05) is 24.3 Å². The summed E-state index contributed by atoms with van der Waals surface area (Å²) in [6, 6.07) is 16.5. The Morgan fingerprint density at radius 2 is 1.88 bits per heavy atom. The summed E-state index contributed by atoms with van der Waals surface area (Å²) < 4.78 is 0. The molecule has 0 aliphatic rings. The van der Waals surface area contributed by atoms with Gasteiger partial charge in [-0.25, -0.2) is 4.99 Å². The maximum absolute atomic E-state index is 9.38. The second-order valence-corrected chi connectivity index (χ2v) is 5.40. The molecule has 0 atom stereocenters. The molecule has 24 heavy (non-hydrogen) atoms. The van der Waals surface area contributed by atoms with E-state index in [9.17, 15) is 5.26 Å². The largest absolute Gasteiger partial charge is 0.399 e. The van der Waals surface area contributed by atoms with Gasteiger partial charge >= 0.3 is 0 Å². The second-order valence-electron chi connectivity index (χ2n) is 4.97. The molecule has 0 radical (unpaired) electrons. The lowest BCUT2D eigenvalue weighted by Gasteiger charge is -2.03. The summed E-state index contributed by atoms with van der Waals surface area (Å²) in [4.78, 5) is 4.26. The quantitative estimate of drug-likeness (QED) is 0.494. The highest BCUT2D eigenvalue weighted by atomic mass is 35.5. The molecule has 0 saturated carbocycles. The number of hydrogen-bond donors (Lipinski definition) is 3. The summed E-state index contributed by atoms with van der Waals surface area (Å²) >= 11 is 5.86. The van der Waals surface area contributed by atoms with Crippen LogP contribution in [0.5, 0.6) is 0 Å². The Morgan fingerprint density at radius 3 is 2.54 bits per heavy atom. The summed E-state index contributed by atoms with van der Waals surface area (Å²) in [5.41, 5.74) is 8.30. The van der Waals surface area contributed by atoms with Crippen LogP contribution < -0.4 is 11.1 Å². The summed E-state index contributed by atoms with van der Waals surface area (Å²) in [6.07, 6.45) is 1.63. The molecule has 0 fully saturated rings. The van der Waals surface area contributed by atoms with Crippen LogP contribution in [0.25, 0.3) is 0 Å². The smallest absolute Gasteiger partial charge is 0.193 e. The van der Waals surface area contributed by atoms with Crippen LogP contribution in [0.4, 0.5) is 23.0 Å². The molecule has 1 aromatic heterocycles. The minimum Gasteiger partial charge on any atom is -0.399 e. The number of nitrogens with two attached hydrogens (primary N) is 1. The molecule has 1 heterocycles. The monoisotopic (exact) mass is 336 g/mol. The minimum absolute atomic E-state index is 0.311. The van der Waals surface area contributed by atoms with Gasteiger partial charge < -0.3 is 11.1 Å². The van der Waals surface area contributed by atoms with Crippen molar-refractivity contribution in [1.29, 1.82) is 5.26 Å². The molecule has 6 nitrogen and oxygen atoms in total. The molecule has 0 unspecified atom stereocenters. The van der Waals surface area contributed by atoms with E-state index in [0.29, 0.717) is 27.9 Å². The van der Waals surface area contributed by atoms with Gasteiger partial charge in [-0.3, -0.25) is 5.10 Å². The molecule has 118 valence electrons. The number of rotatable bonds is 4. The summed E-state index contributed by atoms with van der Waals surface area (Å²) in [6.45, 7) is 0. The Kier molecular flexibility index (Phi) is 4.45. The number of nitrogens with zero attached hydrogens (tertiary/aromatic N) is 3. The molecule has 4 N–H and O–H groups in total. The van der Waals surface area contributed by atoms with Crippen LogP contribution in [0.3, 0.4) is 0 Å². The first kappa shape index (κ1) is 15.6. The van der Waals surface area contributed by atoms with E-state index in [2.05, 4.69) is 26.6 Å². The van der Waals surface area contributed by atoms with Crippen molar-refractivity contribution in [1.82, 2.24) is 10.2 Å². The fraction of sp³-hybridized carbons (Fsp3) is 0. The van der Waals surface area contributed by atoms with E-state index >= 15 is 0 Å². The summed E-state index contributed by atoms with van der Waals surface area (Å²) in [5, 5.41) is 20.0. The van der Waals surface area contributed by atoms with Gasteiger partial charge in [0.1, 0.15) is 17.5 Å². The van der Waals surface area contributed by atoms with Crippen molar-refractivity contribution in [3.63, 3.8) is 0 Å². The fourth-order valence-electron chi connectivity index (χ4n) is 2.02. The third-order valence-corrected chi connectivity index (χ3v) is 3.50. The maximum atomic E-state index is 9.38. The molecule has 0 aliphatic carbocycles. The van der Waals surface area contributed by atoms with Gasteiger partial charge in [0, 0.05) is 22.6 Å². The van der Waals surface area contributed by atoms with E-state index in [-0.39, 0.29) is 0 Å². The number of nitrogens with one attached hydrogen (secondary N) is 2. The Morgan fingerprint density at radius 1 is 1.17 bits per heavy atom. The number of aromatic nitrogens is 2. The van der Waals surface area contributed by atoms with Gasteiger partial charge in [0.2, 0.25) is 0 Å². The molecule has 3 aromatic rings. The van der Waals surface area contributed by atoms with E-state index in [1.165, 1.54) is 0 Å². The Balaban J connectivity index is 1.83. The van der Waals surface area contributed by atoms with Crippen LogP contribution in [0.15, 0.2) is 53.5 Å². The first-order valence-electron chi connectivity index (χ1n) is 7.06. The van der Waals surface area contributed by atoms with Crippen molar-refractivity contribution >= 4 is 40.8 Å². The maximum Gasteiger partial charge on any atom is 0.193 e. The zero-order valence-electron chi connectivity index (χ0n) is 12.5. The van der Waals surface area contributed by atoms with Gasteiger partial charge in [-0.05, 0) is 42.0 Å². The number of nitriles is 1. The first-order valence-corrected chi connectivity index (χ1v) is 7.44. The normalized spacial score (nSPS) is 10.7. The molecule has 7 heteroatoms. The predicted molar refractivity (Wildman–Crippen MR) is 96.1 cm³/mol. The lowest BCUT2D eigenvalue weighted by Crippen LogP contribution is -1.92. The van der Waals surface area contributed by atoms with Crippen molar-refractivity contribution in [2.24, 2.45) is 4.99 Å². The van der Waals surface area contributed by atoms with E-state index < -0.39 is 0 Å². The number of anilines is 3. The average Bonchev–Trinajstić information content (AvgIpc) is 2.98. The van der Waals surface area contributed by atoms with Crippen LogP contribution in [0, 0.1) is 11.3 Å². The van der Waals surface area contributed by atoms with Gasteiger partial charge in [-0.2, -0.15) is 10.4 Å². The van der Waals surface area contributed by atoms with Crippen LogP contribution in [0.2, 0.25) is 5.02 Å². The topological polar surface area (TPSA) is 103 Å². The summed E-state index contributed by atoms with van der Waals surface area (Å²) in [7, 11) is 0. The molecule has 0 bridgehead atoms. The fourth-order valence-corrected chi connectivity index (χ4v) is 2.14. The van der Waals surface area contributed by atoms with Crippen LogP contribution >= 0.6 is 11.6 Å². The second kappa shape index (κ2) is 6.86. The van der Waals surface area contributed by atoms with Gasteiger partial charge in [0.05, 0.1) is 0 Å². The van der Waals surface area contributed by atoms with Crippen LogP contribution in [-0.4, -0.2) is 16.4 Å². The van der Waals surface area contributed by atoms with Crippen molar-refractivity contribution in [2.75, 3.05) is 11.1 Å². The summed E-state index contributed by atoms with van der Waals surface area (Å²) in [5.74, 6) is 0.787. The molecule has 2 aromatic carbocycles. The molecular weight excluding hydrogens is 324 g/mol. The van der Waals surface area contributed by atoms with Crippen molar-refractivity contribution < 1.29 is 0 Å². The number of benzene rings is 2. The molecule has 0 amide bonds. The minimum atomic E-state index is 0.311. The highest BCUT2D eigenvalue weighted by Crippen LogP contribution is 2.26. The highest BCUT2D eigenvalue weighted by molar-refractivity contribution is 6.30. The lowest BCUT2D eigenvalue weighted by atomic mass is 10.2. The Labute approximate surface area is 143 Å². The third-order valence-electron chi connectivity index (χ3n) is 3.24. The average molecular weight is 337 g/mol. The van der Waals surface area contributed by atoms with E-state index in [0.717, 1.165) is 11.3 Å². The van der Waals surface area contributed by atoms with Gasteiger partial charge in [-0.1, -0.05) is 23.7 Å². The van der Waals surface area contributed by atoms with Crippen LogP contribution in [0.1, 0.15) is 11.1 Å². The van der Waals surface area contributed by atoms with E-state index in [1.54, 1.807) is 30.5 Å². The van der Waals surface area contributed by atoms with Crippen molar-refractivity contribution in [3.8, 4) is 6.07 Å². The number of H-pyrrole nitrogens is 1. The molecule has 3 rings (SSSR count). The van der Waals surface area contributed by atoms with Crippen LogP contribution in [-0.2, 0) is 0 Å². The number of halogens is 1. The van der Waals surface area contributed by atoms with Crippen molar-refractivity contribution in [2.45, 2.75) is 0 Å². The Bertz CT molecular complexity index is 904. The van der Waals surface area contributed by atoms with Gasteiger partial charge in [0.15, 0.2) is 5.82 Å². The van der Waals surface area contributed by atoms with Gasteiger partial charge in [-0.15, -0.1) is 0 Å². The Hall–Kier alpha value is -3.30. The molecule has 0 aliphatic heterocycles. The molecule has 0 spiro atoms. The number of hydrogen-bond acceptors (Lipinski definition) is 5. The first-order chi connectivity index (χ1) is 11.7. The SMILES string of the molecule is N#Cc1c(N=Cc2ccc(N)cc2)n[nH]c1Nc1ccc(Cl)cc1. The van der Waals surface area contributed by atoms with Gasteiger partial charge in [0.25, 0.3) is 0 Å². The van der Waals surface area contributed by atoms with Crippen molar-refractivity contribution in [3.05, 3.63) is 64.7 Å². The number of nitrogen functional groups attached to an aromatic ring is 1. The number of aliphatic imine (C=N–C) groups is 1. The lowest BCUT2D eigenvalue weighted by molar-refractivity contribution is 1.09.